The van der Waals surface area contributed by atoms with Gasteiger partial charge in [-0.2, -0.15) is 0 Å². The summed E-state index contributed by atoms with van der Waals surface area (Å²) in [5.41, 5.74) is 0.986. The van der Waals surface area contributed by atoms with Crippen LogP contribution in [0.2, 0.25) is 5.02 Å². The Morgan fingerprint density at radius 3 is 2.88 bits per heavy atom. The number of anilines is 1. The molecule has 0 atom stereocenters. The van der Waals surface area contributed by atoms with E-state index in [1.54, 1.807) is 11.8 Å². The number of morpholine rings is 1. The Kier molecular flexibility index (Phi) is 6.98. The van der Waals surface area contributed by atoms with Crippen LogP contribution in [0.3, 0.4) is 0 Å². The fourth-order valence-electron chi connectivity index (χ4n) is 2.74. The summed E-state index contributed by atoms with van der Waals surface area (Å²) in [6.45, 7) is 8.40. The van der Waals surface area contributed by atoms with Gasteiger partial charge in [0, 0.05) is 42.6 Å². The quantitative estimate of drug-likeness (QED) is 0.709. The molecule has 0 amide bonds. The minimum absolute atomic E-state index is 0.630. The Labute approximate surface area is 157 Å². The number of benzene rings is 1. The predicted molar refractivity (Wildman–Crippen MR) is 102 cm³/mol. The molecule has 0 unspecified atom stereocenters. The van der Waals surface area contributed by atoms with E-state index in [1.807, 2.05) is 24.3 Å². The summed E-state index contributed by atoms with van der Waals surface area (Å²) in [5.74, 6) is 1.95. The number of nitrogens with zero attached hydrogens (tertiary/aromatic N) is 4. The Balaban J connectivity index is 1.53. The smallest absolute Gasteiger partial charge is 0.191 e. The van der Waals surface area contributed by atoms with Crippen molar-refractivity contribution in [2.45, 2.75) is 25.2 Å². The van der Waals surface area contributed by atoms with Gasteiger partial charge in [-0.05, 0) is 25.1 Å². The second-order valence-electron chi connectivity index (χ2n) is 5.81. The number of hydrogen-bond donors (Lipinski definition) is 1. The molecule has 2 aromatic rings. The molecule has 1 aromatic carbocycles. The highest BCUT2D eigenvalue weighted by Crippen LogP contribution is 2.19. The summed E-state index contributed by atoms with van der Waals surface area (Å²) in [6.07, 6.45) is 0. The number of halogens is 1. The number of aromatic nitrogens is 3. The topological polar surface area (TPSA) is 55.2 Å². The fraction of sp³-hybridized carbons (Fsp3) is 0.529. The van der Waals surface area contributed by atoms with Crippen LogP contribution in [0.15, 0.2) is 29.4 Å². The first kappa shape index (κ1) is 18.5. The second-order valence-corrected chi connectivity index (χ2v) is 7.31. The highest BCUT2D eigenvalue weighted by Gasteiger charge is 2.13. The Bertz CT molecular complexity index is 675. The van der Waals surface area contributed by atoms with Crippen LogP contribution in [0.25, 0.3) is 0 Å². The molecule has 0 aliphatic carbocycles. The van der Waals surface area contributed by atoms with Gasteiger partial charge < -0.3 is 14.6 Å². The minimum atomic E-state index is 0.630. The maximum absolute atomic E-state index is 6.02. The van der Waals surface area contributed by atoms with Crippen LogP contribution in [-0.2, 0) is 17.8 Å². The van der Waals surface area contributed by atoms with Crippen LogP contribution in [-0.4, -0.2) is 58.3 Å². The van der Waals surface area contributed by atoms with Gasteiger partial charge in [-0.25, -0.2) is 0 Å². The van der Waals surface area contributed by atoms with Crippen molar-refractivity contribution in [1.82, 2.24) is 19.7 Å². The van der Waals surface area contributed by atoms with Gasteiger partial charge in [0.05, 0.1) is 19.8 Å². The van der Waals surface area contributed by atoms with E-state index in [4.69, 9.17) is 16.3 Å². The molecule has 1 saturated heterocycles. The highest BCUT2D eigenvalue weighted by molar-refractivity contribution is 7.99. The van der Waals surface area contributed by atoms with E-state index in [-0.39, 0.29) is 0 Å². The molecule has 1 aliphatic heterocycles. The van der Waals surface area contributed by atoms with Gasteiger partial charge in [-0.1, -0.05) is 29.4 Å². The first-order valence-corrected chi connectivity index (χ1v) is 9.97. The lowest BCUT2D eigenvalue weighted by atomic mass is 10.3. The summed E-state index contributed by atoms with van der Waals surface area (Å²) in [7, 11) is 0. The first-order valence-electron chi connectivity index (χ1n) is 8.60. The number of nitrogens with one attached hydrogen (secondary N) is 1. The third-order valence-corrected chi connectivity index (χ3v) is 5.31. The van der Waals surface area contributed by atoms with Gasteiger partial charge in [0.2, 0.25) is 0 Å². The highest BCUT2D eigenvalue weighted by atomic mass is 35.5. The summed E-state index contributed by atoms with van der Waals surface area (Å²) >= 11 is 7.79. The third kappa shape index (κ3) is 5.34. The van der Waals surface area contributed by atoms with Crippen LogP contribution in [0.1, 0.15) is 12.7 Å². The van der Waals surface area contributed by atoms with Gasteiger partial charge in [-0.3, -0.25) is 4.90 Å². The maximum Gasteiger partial charge on any atom is 0.191 e. The number of thioether (sulfide) groups is 1. The lowest BCUT2D eigenvalue weighted by Gasteiger charge is -2.26. The van der Waals surface area contributed by atoms with E-state index >= 15 is 0 Å². The van der Waals surface area contributed by atoms with E-state index in [2.05, 4.69) is 31.9 Å². The SMILES string of the molecule is CCn1c(CNc2cccc(Cl)c2)nnc1SCCN1CCOCC1. The van der Waals surface area contributed by atoms with Gasteiger partial charge in [0.1, 0.15) is 0 Å². The van der Waals surface area contributed by atoms with Gasteiger partial charge in [-0.15, -0.1) is 10.2 Å². The molecule has 1 N–H and O–H groups in total. The Morgan fingerprint density at radius 1 is 1.28 bits per heavy atom. The molecule has 8 heteroatoms. The fourth-order valence-corrected chi connectivity index (χ4v) is 3.96. The van der Waals surface area contributed by atoms with Gasteiger partial charge >= 0.3 is 0 Å². The molecule has 0 radical (unpaired) electrons. The molecule has 0 saturated carbocycles. The summed E-state index contributed by atoms with van der Waals surface area (Å²) in [6, 6.07) is 7.70. The molecule has 1 fully saturated rings. The molecule has 1 aromatic heterocycles. The van der Waals surface area contributed by atoms with Crippen LogP contribution in [0.4, 0.5) is 5.69 Å². The normalized spacial score (nSPS) is 15.4. The lowest BCUT2D eigenvalue weighted by Crippen LogP contribution is -2.37. The monoisotopic (exact) mass is 381 g/mol. The molecular formula is C17H24ClN5OS. The Morgan fingerprint density at radius 2 is 2.12 bits per heavy atom. The van der Waals surface area contributed by atoms with Crippen LogP contribution < -0.4 is 5.32 Å². The standard InChI is InChI=1S/C17H24ClN5OS/c1-2-23-16(13-19-15-5-3-4-14(18)12-15)20-21-17(23)25-11-8-22-6-9-24-10-7-22/h3-5,12,19H,2,6-11,13H2,1H3. The largest absolute Gasteiger partial charge is 0.379 e. The molecule has 6 nitrogen and oxygen atoms in total. The lowest BCUT2D eigenvalue weighted by molar-refractivity contribution is 0.0410. The number of ether oxygens (including phenoxy) is 1. The van der Waals surface area contributed by atoms with E-state index in [0.29, 0.717) is 6.54 Å². The van der Waals surface area contributed by atoms with E-state index in [0.717, 1.165) is 66.8 Å². The van der Waals surface area contributed by atoms with Gasteiger partial charge in [0.25, 0.3) is 0 Å². The van der Waals surface area contributed by atoms with Crippen molar-refractivity contribution in [2.24, 2.45) is 0 Å². The van der Waals surface area contributed by atoms with Crippen LogP contribution >= 0.6 is 23.4 Å². The zero-order valence-corrected chi connectivity index (χ0v) is 16.0. The zero-order valence-electron chi connectivity index (χ0n) is 14.4. The summed E-state index contributed by atoms with van der Waals surface area (Å²) < 4.78 is 7.55. The second kappa shape index (κ2) is 9.43. The van der Waals surface area contributed by atoms with Crippen molar-refractivity contribution in [2.75, 3.05) is 43.9 Å². The maximum atomic E-state index is 6.02. The van der Waals surface area contributed by atoms with E-state index in [1.165, 1.54) is 0 Å². The number of rotatable bonds is 8. The molecule has 25 heavy (non-hydrogen) atoms. The van der Waals surface area contributed by atoms with Crippen molar-refractivity contribution in [3.05, 3.63) is 35.1 Å². The van der Waals surface area contributed by atoms with E-state index < -0.39 is 0 Å². The van der Waals surface area contributed by atoms with Crippen molar-refractivity contribution < 1.29 is 4.74 Å². The van der Waals surface area contributed by atoms with Crippen molar-refractivity contribution in [3.8, 4) is 0 Å². The Hall–Kier alpha value is -1.28. The molecule has 136 valence electrons. The molecule has 0 spiro atoms. The summed E-state index contributed by atoms with van der Waals surface area (Å²) in [4.78, 5) is 2.44. The zero-order chi connectivity index (χ0) is 17.5. The number of hydrogen-bond acceptors (Lipinski definition) is 6. The molecule has 1 aliphatic rings. The molecule has 2 heterocycles. The average Bonchev–Trinajstić information content (AvgIpc) is 3.03. The third-order valence-electron chi connectivity index (χ3n) is 4.13. The molecule has 3 rings (SSSR count). The van der Waals surface area contributed by atoms with Crippen molar-refractivity contribution >= 4 is 29.1 Å². The van der Waals surface area contributed by atoms with Crippen molar-refractivity contribution in [1.29, 1.82) is 0 Å². The minimum Gasteiger partial charge on any atom is -0.379 e. The van der Waals surface area contributed by atoms with E-state index in [9.17, 15) is 0 Å². The molecule has 0 bridgehead atoms. The predicted octanol–water partition coefficient (Wildman–Crippen LogP) is 2.99. The molecular weight excluding hydrogens is 358 g/mol. The van der Waals surface area contributed by atoms with Gasteiger partial charge in [0.15, 0.2) is 11.0 Å². The van der Waals surface area contributed by atoms with Crippen molar-refractivity contribution in [3.63, 3.8) is 0 Å². The van der Waals surface area contributed by atoms with Crippen LogP contribution in [0.5, 0.6) is 0 Å². The van der Waals surface area contributed by atoms with Crippen LogP contribution in [0, 0.1) is 0 Å². The first-order chi connectivity index (χ1) is 12.3. The average molecular weight is 382 g/mol. The summed E-state index contributed by atoms with van der Waals surface area (Å²) in [5, 5.41) is 13.8.